The molecular formula is C36H48FN4O8S+. The predicted molar refractivity (Wildman–Crippen MR) is 182 cm³/mol. The largest absolute Gasteiger partial charge is 0.491 e. The number of allylic oxidation sites excluding steroid dienone is 2. The Bertz CT molecular complexity index is 1810. The maximum absolute atomic E-state index is 14.7. The summed E-state index contributed by atoms with van der Waals surface area (Å²) >= 11 is 0. The molecule has 1 saturated heterocycles. The van der Waals surface area contributed by atoms with Crippen molar-refractivity contribution in [2.75, 3.05) is 13.7 Å². The van der Waals surface area contributed by atoms with Crippen molar-refractivity contribution in [3.05, 3.63) is 36.2 Å². The molecular weight excluding hydrogens is 667 g/mol. The Morgan fingerprint density at radius 1 is 1.18 bits per heavy atom. The quantitative estimate of drug-likeness (QED) is 0.388. The van der Waals surface area contributed by atoms with Gasteiger partial charge in [-0.25, -0.2) is 17.8 Å². The van der Waals surface area contributed by atoms with Gasteiger partial charge in [-0.15, -0.1) is 0 Å². The highest BCUT2D eigenvalue weighted by atomic mass is 32.2. The standard InChI is InChI=1S/C36H47FN4O8S/c1-21(2)48-30-17-29(24-12-13-25(37)32(47-4)31(24)39-30)49-23-16-27-28(42)19-36(34(44)40-50(45,46)35(3)14-15-35)18-22(36)10-8-6-5-7-9-11-26(38)33(43)41(27)20-23/h8,10,12-13,17,21-23,26-27H,5-7,9,11,14-16,18-20,38H2,1-4H3,(H,40,44)/p+1/b10-8-/t22-,23+,26-,27-,36+/m0/s1. The average molecular weight is 716 g/mol. The molecule has 4 aliphatic rings. The monoisotopic (exact) mass is 715 g/mol. The Kier molecular flexibility index (Phi) is 9.90. The summed E-state index contributed by atoms with van der Waals surface area (Å²) in [7, 11) is -2.57. The fourth-order valence-electron chi connectivity index (χ4n) is 7.19. The molecule has 2 amide bonds. The van der Waals surface area contributed by atoms with Crippen molar-refractivity contribution in [2.45, 2.75) is 114 Å². The van der Waals surface area contributed by atoms with Gasteiger partial charge in [-0.3, -0.25) is 19.1 Å². The molecule has 0 radical (unpaired) electrons. The molecule has 5 atom stereocenters. The summed E-state index contributed by atoms with van der Waals surface area (Å²) in [6, 6.07) is 2.89. The van der Waals surface area contributed by atoms with Crippen LogP contribution in [0, 0.1) is 17.2 Å². The molecule has 0 unspecified atom stereocenters. The van der Waals surface area contributed by atoms with E-state index in [1.54, 1.807) is 13.0 Å². The van der Waals surface area contributed by atoms with Gasteiger partial charge in [0.2, 0.25) is 21.8 Å². The highest BCUT2D eigenvalue weighted by molar-refractivity contribution is 7.91. The number of sulfonamides is 1. The number of carbonyl (C=O) groups excluding carboxylic acids is 3. The molecule has 50 heavy (non-hydrogen) atoms. The maximum atomic E-state index is 14.7. The number of amides is 2. The van der Waals surface area contributed by atoms with E-state index < -0.39 is 50.1 Å². The highest BCUT2D eigenvalue weighted by Crippen LogP contribution is 2.57. The molecule has 2 aromatic rings. The molecule has 4 N–H and O–H groups in total. The average Bonchev–Trinajstić information content (AvgIpc) is 3.93. The third-order valence-electron chi connectivity index (χ3n) is 10.6. The van der Waals surface area contributed by atoms with E-state index >= 15 is 0 Å². The van der Waals surface area contributed by atoms with Crippen molar-refractivity contribution in [1.82, 2.24) is 14.6 Å². The third kappa shape index (κ3) is 7.05. The molecule has 14 heteroatoms. The molecule has 3 heterocycles. The van der Waals surface area contributed by atoms with Gasteiger partial charge in [0.1, 0.15) is 17.4 Å². The van der Waals surface area contributed by atoms with Crippen molar-refractivity contribution in [2.24, 2.45) is 11.3 Å². The Hall–Kier alpha value is -3.78. The first-order valence-corrected chi connectivity index (χ1v) is 19.1. The highest BCUT2D eigenvalue weighted by Gasteiger charge is 2.62. The van der Waals surface area contributed by atoms with E-state index in [4.69, 9.17) is 14.2 Å². The molecule has 0 spiro atoms. The fourth-order valence-corrected chi connectivity index (χ4v) is 8.53. The minimum Gasteiger partial charge on any atom is -0.491 e. The lowest BCUT2D eigenvalue weighted by atomic mass is 9.91. The fraction of sp³-hybridized carbons (Fsp3) is 0.611. The van der Waals surface area contributed by atoms with Gasteiger partial charge < -0.3 is 24.8 Å². The normalized spacial score (nSPS) is 29.0. The van der Waals surface area contributed by atoms with Crippen molar-refractivity contribution in [1.29, 1.82) is 0 Å². The first kappa shape index (κ1) is 36.0. The van der Waals surface area contributed by atoms with Crippen LogP contribution in [0.3, 0.4) is 0 Å². The number of hydrogen-bond donors (Lipinski definition) is 2. The summed E-state index contributed by atoms with van der Waals surface area (Å²) in [4.78, 5) is 48.0. The molecule has 6 rings (SSSR count). The minimum absolute atomic E-state index is 0.0693. The number of carbonyl (C=O) groups is 3. The lowest BCUT2D eigenvalue weighted by Crippen LogP contribution is -2.68. The number of nitrogens with zero attached hydrogens (tertiary/aromatic N) is 2. The van der Waals surface area contributed by atoms with Crippen LogP contribution < -0.4 is 24.7 Å². The van der Waals surface area contributed by atoms with E-state index in [0.29, 0.717) is 36.8 Å². The van der Waals surface area contributed by atoms with Crippen LogP contribution >= 0.6 is 0 Å². The number of hydrogen-bond acceptors (Lipinski definition) is 9. The number of pyridine rings is 1. The maximum Gasteiger partial charge on any atom is 0.281 e. The number of fused-ring (bicyclic) bond motifs is 3. The summed E-state index contributed by atoms with van der Waals surface area (Å²) in [6.07, 6.45) is 8.19. The number of ether oxygens (including phenoxy) is 3. The van der Waals surface area contributed by atoms with Crippen LogP contribution in [0.1, 0.15) is 85.0 Å². The van der Waals surface area contributed by atoms with Crippen LogP contribution in [-0.2, 0) is 24.4 Å². The van der Waals surface area contributed by atoms with Crippen molar-refractivity contribution >= 4 is 38.5 Å². The van der Waals surface area contributed by atoms with E-state index in [1.165, 1.54) is 24.1 Å². The summed E-state index contributed by atoms with van der Waals surface area (Å²) in [5.74, 6) is -1.72. The number of aromatic nitrogens is 1. The van der Waals surface area contributed by atoms with Gasteiger partial charge in [0, 0.05) is 30.7 Å². The minimum atomic E-state index is -3.92. The van der Waals surface area contributed by atoms with Crippen LogP contribution in [0.4, 0.5) is 4.39 Å². The number of benzene rings is 1. The third-order valence-corrected chi connectivity index (χ3v) is 12.8. The van der Waals surface area contributed by atoms with Gasteiger partial charge in [-0.05, 0) is 77.3 Å². The molecule has 2 saturated carbocycles. The summed E-state index contributed by atoms with van der Waals surface area (Å²) in [5, 5.41) is 0.463. The van der Waals surface area contributed by atoms with E-state index in [2.05, 4.69) is 15.4 Å². The Labute approximate surface area is 292 Å². The van der Waals surface area contributed by atoms with E-state index in [-0.39, 0.29) is 60.2 Å². The number of rotatable bonds is 8. The Balaban J connectivity index is 1.31. The van der Waals surface area contributed by atoms with E-state index in [9.17, 15) is 27.2 Å². The zero-order valence-electron chi connectivity index (χ0n) is 29.2. The first-order valence-electron chi connectivity index (χ1n) is 17.6. The number of ketones is 1. The van der Waals surface area contributed by atoms with Gasteiger partial charge >= 0.3 is 0 Å². The first-order chi connectivity index (χ1) is 23.7. The molecule has 1 aromatic heterocycles. The van der Waals surface area contributed by atoms with E-state index in [0.717, 1.165) is 25.7 Å². The second-order valence-electron chi connectivity index (χ2n) is 14.8. The van der Waals surface area contributed by atoms with Gasteiger partial charge in [0.25, 0.3) is 5.91 Å². The second kappa shape index (κ2) is 13.7. The number of methoxy groups -OCH3 is 1. The van der Waals surface area contributed by atoms with Gasteiger partial charge in [-0.2, -0.15) is 0 Å². The molecule has 2 aliphatic carbocycles. The number of halogens is 1. The number of nitrogens with one attached hydrogen (secondary N) is 1. The van der Waals surface area contributed by atoms with Gasteiger partial charge in [-0.1, -0.05) is 18.6 Å². The smallest absolute Gasteiger partial charge is 0.281 e. The Morgan fingerprint density at radius 2 is 1.94 bits per heavy atom. The number of Topliss-reactive ketones (excluding diaryl/α,β-unsaturated/α-hetero) is 1. The van der Waals surface area contributed by atoms with Crippen LogP contribution in [0.5, 0.6) is 17.4 Å². The summed E-state index contributed by atoms with van der Waals surface area (Å²) in [6.45, 7) is 5.36. The molecule has 3 fully saturated rings. The van der Waals surface area contributed by atoms with Crippen LogP contribution in [0.2, 0.25) is 0 Å². The lowest BCUT2D eigenvalue weighted by Gasteiger charge is -2.26. The Morgan fingerprint density at radius 3 is 2.64 bits per heavy atom. The molecule has 12 nitrogen and oxygen atoms in total. The molecule has 2 aliphatic heterocycles. The van der Waals surface area contributed by atoms with Gasteiger partial charge in [0.15, 0.2) is 23.4 Å². The van der Waals surface area contributed by atoms with Crippen LogP contribution in [-0.4, -0.2) is 78.6 Å². The summed E-state index contributed by atoms with van der Waals surface area (Å²) in [5.41, 5.74) is 3.12. The zero-order chi connectivity index (χ0) is 36.0. The second-order valence-corrected chi connectivity index (χ2v) is 17.0. The summed E-state index contributed by atoms with van der Waals surface area (Å²) < 4.78 is 59.9. The van der Waals surface area contributed by atoms with Crippen LogP contribution in [0.15, 0.2) is 30.4 Å². The predicted octanol–water partition coefficient (Wildman–Crippen LogP) is 3.61. The molecule has 1 aromatic carbocycles. The topological polar surface area (TPSA) is 169 Å². The van der Waals surface area contributed by atoms with Gasteiger partial charge in [0.05, 0.1) is 36.0 Å². The van der Waals surface area contributed by atoms with Crippen LogP contribution in [0.25, 0.3) is 10.9 Å². The van der Waals surface area contributed by atoms with E-state index in [1.807, 2.05) is 26.0 Å². The van der Waals surface area contributed by atoms with Crippen molar-refractivity contribution in [3.63, 3.8) is 0 Å². The lowest BCUT2D eigenvalue weighted by molar-refractivity contribution is -0.407. The number of quaternary nitrogens is 1. The molecule has 0 bridgehead atoms. The van der Waals surface area contributed by atoms with Crippen molar-refractivity contribution in [3.8, 4) is 17.4 Å². The van der Waals surface area contributed by atoms with Crippen molar-refractivity contribution < 1.29 is 47.1 Å². The molecule has 272 valence electrons. The zero-order valence-corrected chi connectivity index (χ0v) is 30.0. The SMILES string of the molecule is COc1c(F)ccc2c(O[C@@H]3C[C@H]4C(=O)C[C@]5(C(=O)NS(=O)(=O)C6(C)CC6)C[C@@H]5/C=C\CCCCC[C@H]([NH3+])C(=O)N4C3)cc(OC(C)C)nc12.